The zero-order valence-electron chi connectivity index (χ0n) is 17.1. The highest BCUT2D eigenvalue weighted by Crippen LogP contribution is 2.36. The second-order valence-corrected chi connectivity index (χ2v) is 7.57. The van der Waals surface area contributed by atoms with Gasteiger partial charge in [0.05, 0.1) is 30.1 Å². The molecule has 2 heterocycles. The summed E-state index contributed by atoms with van der Waals surface area (Å²) in [5.41, 5.74) is 4.08. The number of hydrogen-bond acceptors (Lipinski definition) is 5. The number of amides is 1. The largest absolute Gasteiger partial charge is 0.497 e. The Bertz CT molecular complexity index is 1190. The number of ketones is 1. The molecule has 2 aliphatic rings. The molecule has 0 N–H and O–H groups in total. The second-order valence-electron chi connectivity index (χ2n) is 7.57. The third-order valence-corrected chi connectivity index (χ3v) is 5.75. The Balaban J connectivity index is 1.51. The van der Waals surface area contributed by atoms with Crippen LogP contribution >= 0.6 is 0 Å². The summed E-state index contributed by atoms with van der Waals surface area (Å²) in [6, 6.07) is 25.0. The van der Waals surface area contributed by atoms with Crippen LogP contribution in [0.2, 0.25) is 0 Å². The average molecular weight is 411 g/mol. The van der Waals surface area contributed by atoms with Gasteiger partial charge in [-0.25, -0.2) is 0 Å². The van der Waals surface area contributed by atoms with E-state index in [1.165, 1.54) is 4.90 Å². The fraction of sp³-hybridized carbons (Fsp3) is 0.160. The summed E-state index contributed by atoms with van der Waals surface area (Å²) in [5, 5.41) is 6.78. The van der Waals surface area contributed by atoms with Crippen LogP contribution in [0.3, 0.4) is 0 Å². The van der Waals surface area contributed by atoms with Gasteiger partial charge in [0, 0.05) is 12.0 Å². The van der Waals surface area contributed by atoms with E-state index in [-0.39, 0.29) is 12.7 Å². The lowest BCUT2D eigenvalue weighted by molar-refractivity contribution is -0.114. The van der Waals surface area contributed by atoms with Crippen molar-refractivity contribution in [1.29, 1.82) is 0 Å². The summed E-state index contributed by atoms with van der Waals surface area (Å²) in [6.07, 6.45) is 0.689. The van der Waals surface area contributed by atoms with Crippen LogP contribution in [0, 0.1) is 0 Å². The molecule has 154 valence electrons. The molecule has 5 rings (SSSR count). The van der Waals surface area contributed by atoms with Gasteiger partial charge in [0.25, 0.3) is 5.78 Å². The SMILES string of the molecule is COc1cccc(C2=NN(CN3C(=O)C(=O)c4ccccc43)[C@H](c3ccccc3)C2)c1. The van der Waals surface area contributed by atoms with E-state index in [2.05, 4.69) is 12.1 Å². The van der Waals surface area contributed by atoms with Gasteiger partial charge in [-0.3, -0.25) is 19.5 Å². The molecule has 0 aromatic heterocycles. The minimum Gasteiger partial charge on any atom is -0.497 e. The van der Waals surface area contributed by atoms with Gasteiger partial charge in [-0.2, -0.15) is 5.10 Å². The third kappa shape index (κ3) is 3.36. The smallest absolute Gasteiger partial charge is 0.301 e. The lowest BCUT2D eigenvalue weighted by Gasteiger charge is -2.28. The van der Waals surface area contributed by atoms with Gasteiger partial charge in [-0.15, -0.1) is 0 Å². The van der Waals surface area contributed by atoms with Crippen LogP contribution in [0.1, 0.15) is 33.9 Å². The molecular formula is C25H21N3O3. The molecule has 0 aliphatic carbocycles. The molecule has 31 heavy (non-hydrogen) atoms. The Labute approximate surface area is 180 Å². The fourth-order valence-electron chi connectivity index (χ4n) is 4.16. The highest BCUT2D eigenvalue weighted by Gasteiger charge is 2.39. The third-order valence-electron chi connectivity index (χ3n) is 5.75. The predicted molar refractivity (Wildman–Crippen MR) is 118 cm³/mol. The molecule has 0 bridgehead atoms. The number of para-hydroxylation sites is 1. The number of ether oxygens (including phenoxy) is 1. The first-order valence-electron chi connectivity index (χ1n) is 10.1. The van der Waals surface area contributed by atoms with Crippen LogP contribution in [0.5, 0.6) is 5.75 Å². The molecule has 0 fully saturated rings. The van der Waals surface area contributed by atoms with Crippen molar-refractivity contribution >= 4 is 23.1 Å². The summed E-state index contributed by atoms with van der Waals surface area (Å²) in [7, 11) is 1.64. The van der Waals surface area contributed by atoms with Gasteiger partial charge in [0.2, 0.25) is 0 Å². The molecule has 3 aromatic carbocycles. The Hall–Kier alpha value is -3.93. The van der Waals surface area contributed by atoms with Crippen LogP contribution in [0.25, 0.3) is 0 Å². The van der Waals surface area contributed by atoms with Crippen LogP contribution in [0.15, 0.2) is 84.0 Å². The van der Waals surface area contributed by atoms with Crippen LogP contribution < -0.4 is 9.64 Å². The Kier molecular flexibility index (Phi) is 4.75. The topological polar surface area (TPSA) is 62.2 Å². The lowest BCUT2D eigenvalue weighted by Crippen LogP contribution is -2.39. The molecule has 0 radical (unpaired) electrons. The summed E-state index contributed by atoms with van der Waals surface area (Å²) in [6.45, 7) is 0.203. The van der Waals surface area contributed by atoms with Gasteiger partial charge in [0.1, 0.15) is 12.4 Å². The molecular weight excluding hydrogens is 390 g/mol. The number of hydrazone groups is 1. The average Bonchev–Trinajstić information content (AvgIpc) is 3.35. The Morgan fingerprint density at radius 2 is 1.74 bits per heavy atom. The monoisotopic (exact) mass is 411 g/mol. The fourth-order valence-corrected chi connectivity index (χ4v) is 4.16. The highest BCUT2D eigenvalue weighted by molar-refractivity contribution is 6.52. The van der Waals surface area contributed by atoms with E-state index in [9.17, 15) is 9.59 Å². The maximum Gasteiger partial charge on any atom is 0.301 e. The molecule has 0 saturated heterocycles. The minimum absolute atomic E-state index is 0.0435. The number of rotatable bonds is 5. The van der Waals surface area contributed by atoms with Crippen molar-refractivity contribution in [3.63, 3.8) is 0 Å². The zero-order valence-corrected chi connectivity index (χ0v) is 17.1. The number of nitrogens with zero attached hydrogens (tertiary/aromatic N) is 3. The molecule has 6 heteroatoms. The van der Waals surface area contributed by atoms with Crippen molar-refractivity contribution in [2.75, 3.05) is 18.7 Å². The predicted octanol–water partition coefficient (Wildman–Crippen LogP) is 4.03. The van der Waals surface area contributed by atoms with Crippen molar-refractivity contribution < 1.29 is 14.3 Å². The first-order valence-corrected chi connectivity index (χ1v) is 10.1. The van der Waals surface area contributed by atoms with Crippen molar-refractivity contribution in [3.8, 4) is 5.75 Å². The molecule has 0 saturated carbocycles. The number of methoxy groups -OCH3 is 1. The van der Waals surface area contributed by atoms with E-state index in [1.54, 1.807) is 25.3 Å². The van der Waals surface area contributed by atoms with Crippen LogP contribution in [0.4, 0.5) is 5.69 Å². The van der Waals surface area contributed by atoms with Crippen molar-refractivity contribution in [3.05, 3.63) is 95.6 Å². The Morgan fingerprint density at radius 1 is 0.968 bits per heavy atom. The van der Waals surface area contributed by atoms with E-state index < -0.39 is 11.7 Å². The number of hydrogen-bond donors (Lipinski definition) is 0. The first kappa shape index (κ1) is 19.1. The lowest BCUT2D eigenvalue weighted by atomic mass is 9.98. The molecule has 1 atom stereocenters. The number of carbonyl (C=O) groups excluding carboxylic acids is 2. The second kappa shape index (κ2) is 7.72. The Morgan fingerprint density at radius 3 is 2.55 bits per heavy atom. The van der Waals surface area contributed by atoms with Crippen LogP contribution in [-0.2, 0) is 4.79 Å². The van der Waals surface area contributed by atoms with Gasteiger partial charge >= 0.3 is 5.91 Å². The van der Waals surface area contributed by atoms with Crippen molar-refractivity contribution in [1.82, 2.24) is 5.01 Å². The number of benzene rings is 3. The molecule has 6 nitrogen and oxygen atoms in total. The zero-order chi connectivity index (χ0) is 21.4. The number of Topliss-reactive ketones (excluding diaryl/α,β-unsaturated/α-hetero) is 1. The maximum absolute atomic E-state index is 12.7. The minimum atomic E-state index is -0.516. The van der Waals surface area contributed by atoms with E-state index in [0.717, 1.165) is 22.6 Å². The quantitative estimate of drug-likeness (QED) is 0.595. The number of anilines is 1. The van der Waals surface area contributed by atoms with E-state index in [4.69, 9.17) is 9.84 Å². The van der Waals surface area contributed by atoms with Crippen molar-refractivity contribution in [2.45, 2.75) is 12.5 Å². The van der Waals surface area contributed by atoms with Gasteiger partial charge < -0.3 is 4.74 Å². The summed E-state index contributed by atoms with van der Waals surface area (Å²) >= 11 is 0. The number of fused-ring (bicyclic) bond motifs is 1. The summed E-state index contributed by atoms with van der Waals surface area (Å²) in [4.78, 5) is 26.7. The molecule has 1 amide bonds. The van der Waals surface area contributed by atoms with E-state index in [1.807, 2.05) is 53.5 Å². The standard InChI is InChI=1S/C25H21N3O3/c1-31-19-11-7-10-18(14-19)21-15-23(17-8-3-2-4-9-17)28(26-21)16-27-22-13-6-5-12-20(22)24(29)25(27)30/h2-14,23H,15-16H2,1H3/t23-/m0/s1. The first-order chi connectivity index (χ1) is 15.2. The van der Waals surface area contributed by atoms with E-state index in [0.29, 0.717) is 17.7 Å². The van der Waals surface area contributed by atoms with Gasteiger partial charge in [0.15, 0.2) is 0 Å². The summed E-state index contributed by atoms with van der Waals surface area (Å²) in [5.74, 6) is -0.217. The maximum atomic E-state index is 12.7. The molecule has 0 spiro atoms. The molecule has 0 unspecified atom stereocenters. The summed E-state index contributed by atoms with van der Waals surface area (Å²) < 4.78 is 5.37. The molecule has 2 aliphatic heterocycles. The van der Waals surface area contributed by atoms with Gasteiger partial charge in [-0.05, 0) is 29.8 Å². The van der Waals surface area contributed by atoms with Gasteiger partial charge in [-0.1, -0.05) is 54.6 Å². The van der Waals surface area contributed by atoms with E-state index >= 15 is 0 Å². The van der Waals surface area contributed by atoms with Crippen molar-refractivity contribution in [2.24, 2.45) is 5.10 Å². The van der Waals surface area contributed by atoms with Crippen LogP contribution in [-0.4, -0.2) is 36.2 Å². The molecule has 3 aromatic rings. The number of carbonyl (C=O) groups is 2. The normalized spacial score (nSPS) is 17.7. The highest BCUT2D eigenvalue weighted by atomic mass is 16.5.